The first-order chi connectivity index (χ1) is 7.12. The molecule has 0 spiro atoms. The van der Waals surface area contributed by atoms with Crippen molar-refractivity contribution in [1.29, 1.82) is 0 Å². The molecule has 0 saturated heterocycles. The minimum atomic E-state index is -4.81. The molecule has 90 valence electrons. The van der Waals surface area contributed by atoms with Gasteiger partial charge in [0.1, 0.15) is 0 Å². The molecule has 0 heterocycles. The number of rotatable bonds is 2. The van der Waals surface area contributed by atoms with Crippen molar-refractivity contribution in [3.05, 3.63) is 29.8 Å². The van der Waals surface area contributed by atoms with E-state index in [0.29, 0.717) is 0 Å². The summed E-state index contributed by atoms with van der Waals surface area (Å²) in [5.41, 5.74) is -0.490. The van der Waals surface area contributed by atoms with Gasteiger partial charge in [-0.25, -0.2) is 8.42 Å². The van der Waals surface area contributed by atoms with E-state index >= 15 is 0 Å². The maximum atomic E-state index is 12.2. The molecule has 0 radical (unpaired) electrons. The van der Waals surface area contributed by atoms with E-state index in [0.717, 1.165) is 24.5 Å². The molecule has 1 N–H and O–H groups in total. The van der Waals surface area contributed by atoms with Crippen LogP contribution in [-0.2, 0) is 9.84 Å². The van der Waals surface area contributed by atoms with Gasteiger partial charge in [0.05, 0.1) is 4.90 Å². The van der Waals surface area contributed by atoms with Gasteiger partial charge in [-0.2, -0.15) is 13.2 Å². The predicted molar refractivity (Wildman–Crippen MR) is 50.6 cm³/mol. The van der Waals surface area contributed by atoms with Gasteiger partial charge >= 0.3 is 6.18 Å². The average molecular weight is 254 g/mol. The molecule has 7 heteroatoms. The Morgan fingerprint density at radius 1 is 1.31 bits per heavy atom. The van der Waals surface area contributed by atoms with E-state index in [1.165, 1.54) is 6.07 Å². The summed E-state index contributed by atoms with van der Waals surface area (Å²) in [6, 6.07) is 4.16. The molecule has 16 heavy (non-hydrogen) atoms. The van der Waals surface area contributed by atoms with Crippen molar-refractivity contribution in [2.24, 2.45) is 0 Å². The van der Waals surface area contributed by atoms with Crippen LogP contribution in [0, 0.1) is 0 Å². The number of aliphatic hydroxyl groups is 1. The summed E-state index contributed by atoms with van der Waals surface area (Å²) < 4.78 is 58.7. The summed E-state index contributed by atoms with van der Waals surface area (Å²) in [6.07, 6.45) is -6.60. The summed E-state index contributed by atoms with van der Waals surface area (Å²) in [5.74, 6) is 0. The van der Waals surface area contributed by atoms with Gasteiger partial charge in [0.25, 0.3) is 0 Å². The van der Waals surface area contributed by atoms with Crippen LogP contribution in [0.5, 0.6) is 0 Å². The fourth-order valence-corrected chi connectivity index (χ4v) is 1.78. The van der Waals surface area contributed by atoms with Crippen LogP contribution in [0.3, 0.4) is 0 Å². The maximum Gasteiger partial charge on any atom is 0.418 e. The van der Waals surface area contributed by atoms with Gasteiger partial charge in [-0.1, -0.05) is 12.1 Å². The molecule has 1 aromatic carbocycles. The van der Waals surface area contributed by atoms with Crippen LogP contribution in [0.4, 0.5) is 13.2 Å². The third-order valence-electron chi connectivity index (χ3n) is 1.91. The zero-order valence-corrected chi connectivity index (χ0v) is 9.01. The Morgan fingerprint density at radius 2 is 1.88 bits per heavy atom. The summed E-state index contributed by atoms with van der Waals surface area (Å²) in [4.78, 5) is -0.256. The highest BCUT2D eigenvalue weighted by molar-refractivity contribution is 7.90. The van der Waals surface area contributed by atoms with Crippen molar-refractivity contribution in [2.75, 3.05) is 6.26 Å². The topological polar surface area (TPSA) is 54.4 Å². The lowest BCUT2D eigenvalue weighted by atomic mass is 10.1. The molecule has 1 aromatic rings. The third kappa shape index (κ3) is 2.96. The third-order valence-corrected chi connectivity index (χ3v) is 3.02. The van der Waals surface area contributed by atoms with E-state index in [9.17, 15) is 21.6 Å². The first-order valence-corrected chi connectivity index (χ1v) is 6.06. The van der Waals surface area contributed by atoms with Gasteiger partial charge in [-0.05, 0) is 17.7 Å². The normalized spacial score (nSPS) is 14.8. The number of halogens is 3. The number of alkyl halides is 3. The Kier molecular flexibility index (Phi) is 3.30. The van der Waals surface area contributed by atoms with Crippen molar-refractivity contribution < 1.29 is 26.7 Å². The second-order valence-corrected chi connectivity index (χ2v) is 5.30. The summed E-state index contributed by atoms with van der Waals surface area (Å²) in [7, 11) is -3.58. The molecule has 0 aliphatic carbocycles. The van der Waals surface area contributed by atoms with Crippen LogP contribution in [0.2, 0.25) is 0 Å². The highest BCUT2D eigenvalue weighted by atomic mass is 32.2. The van der Waals surface area contributed by atoms with Crippen molar-refractivity contribution in [3.8, 4) is 0 Å². The van der Waals surface area contributed by atoms with E-state index in [-0.39, 0.29) is 4.90 Å². The van der Waals surface area contributed by atoms with Gasteiger partial charge < -0.3 is 5.11 Å². The van der Waals surface area contributed by atoms with Gasteiger partial charge in [0.15, 0.2) is 15.9 Å². The molecule has 0 aromatic heterocycles. The van der Waals surface area contributed by atoms with Crippen LogP contribution in [-0.4, -0.2) is 26.0 Å². The van der Waals surface area contributed by atoms with Crippen molar-refractivity contribution in [3.63, 3.8) is 0 Å². The number of hydrogen-bond acceptors (Lipinski definition) is 3. The molecule has 0 aliphatic heterocycles. The first kappa shape index (κ1) is 13.0. The smallest absolute Gasteiger partial charge is 0.379 e. The second-order valence-electron chi connectivity index (χ2n) is 3.29. The summed E-state index contributed by atoms with van der Waals surface area (Å²) in [5, 5.41) is 8.93. The van der Waals surface area contributed by atoms with Gasteiger partial charge in [0.2, 0.25) is 0 Å². The zero-order chi connectivity index (χ0) is 12.6. The van der Waals surface area contributed by atoms with Crippen molar-refractivity contribution in [2.45, 2.75) is 17.2 Å². The standard InChI is InChI=1S/C9H9F3O3S/c1-16(14,15)7-4-2-3-6(5-7)8(13)9(10,11)12/h2-5,8,13H,1H3/t8-/m1/s1. The van der Waals surface area contributed by atoms with Crippen molar-refractivity contribution >= 4 is 9.84 Å². The monoisotopic (exact) mass is 254 g/mol. The van der Waals surface area contributed by atoms with E-state index in [1.54, 1.807) is 0 Å². The Hall–Kier alpha value is -1.08. The van der Waals surface area contributed by atoms with Crippen LogP contribution in [0.15, 0.2) is 29.2 Å². The van der Waals surface area contributed by atoms with Crippen LogP contribution >= 0.6 is 0 Å². The molecule has 0 saturated carbocycles. The van der Waals surface area contributed by atoms with Gasteiger partial charge in [-0.15, -0.1) is 0 Å². The molecule has 0 fully saturated rings. The molecular formula is C9H9F3O3S. The molecule has 3 nitrogen and oxygen atoms in total. The largest absolute Gasteiger partial charge is 0.418 e. The minimum absolute atomic E-state index is 0.256. The fraction of sp³-hybridized carbons (Fsp3) is 0.333. The van der Waals surface area contributed by atoms with Crippen LogP contribution < -0.4 is 0 Å². The Labute approximate surface area is 90.4 Å². The van der Waals surface area contributed by atoms with Gasteiger partial charge in [0, 0.05) is 6.26 Å². The zero-order valence-electron chi connectivity index (χ0n) is 8.19. The highest BCUT2D eigenvalue weighted by Gasteiger charge is 2.39. The summed E-state index contributed by atoms with van der Waals surface area (Å²) in [6.45, 7) is 0. The molecule has 0 aliphatic rings. The van der Waals surface area contributed by atoms with E-state index in [1.807, 2.05) is 0 Å². The van der Waals surface area contributed by atoms with E-state index < -0.39 is 27.7 Å². The average Bonchev–Trinajstić information content (AvgIpc) is 2.14. The fourth-order valence-electron chi connectivity index (χ4n) is 1.10. The molecule has 1 atom stereocenters. The van der Waals surface area contributed by atoms with E-state index in [2.05, 4.69) is 0 Å². The number of hydrogen-bond donors (Lipinski definition) is 1. The molecule has 0 unspecified atom stereocenters. The number of sulfone groups is 1. The Bertz CT molecular complexity index is 479. The minimum Gasteiger partial charge on any atom is -0.379 e. The highest BCUT2D eigenvalue weighted by Crippen LogP contribution is 2.32. The molecule has 1 rings (SSSR count). The molecule has 0 bridgehead atoms. The Balaban J connectivity index is 3.19. The lowest BCUT2D eigenvalue weighted by molar-refractivity contribution is -0.206. The van der Waals surface area contributed by atoms with Crippen molar-refractivity contribution in [1.82, 2.24) is 0 Å². The second kappa shape index (κ2) is 4.06. The summed E-state index contributed by atoms with van der Waals surface area (Å²) >= 11 is 0. The number of aliphatic hydroxyl groups excluding tert-OH is 1. The number of benzene rings is 1. The Morgan fingerprint density at radius 3 is 2.31 bits per heavy atom. The predicted octanol–water partition coefficient (Wildman–Crippen LogP) is 1.69. The van der Waals surface area contributed by atoms with Gasteiger partial charge in [-0.3, -0.25) is 0 Å². The first-order valence-electron chi connectivity index (χ1n) is 4.17. The van der Waals surface area contributed by atoms with E-state index in [4.69, 9.17) is 5.11 Å². The quantitative estimate of drug-likeness (QED) is 0.873. The molecular weight excluding hydrogens is 245 g/mol. The maximum absolute atomic E-state index is 12.2. The SMILES string of the molecule is CS(=O)(=O)c1cccc([C@@H](O)C(F)(F)F)c1. The lowest BCUT2D eigenvalue weighted by Gasteiger charge is -2.15. The van der Waals surface area contributed by atoms with Crippen LogP contribution in [0.1, 0.15) is 11.7 Å². The van der Waals surface area contributed by atoms with Crippen LogP contribution in [0.25, 0.3) is 0 Å². The molecule has 0 amide bonds. The lowest BCUT2D eigenvalue weighted by Crippen LogP contribution is -2.20.